The molecule has 0 amide bonds. The molecule has 1 aliphatic rings. The van der Waals surface area contributed by atoms with E-state index in [0.29, 0.717) is 26.9 Å². The number of nitrogens with zero attached hydrogens (tertiary/aromatic N) is 1. The average Bonchev–Trinajstić information content (AvgIpc) is 2.62. The highest BCUT2D eigenvalue weighted by Gasteiger charge is 2.33. The second-order valence-electron chi connectivity index (χ2n) is 5.68. The van der Waals surface area contributed by atoms with E-state index >= 15 is 0 Å². The molecule has 124 valence electrons. The Morgan fingerprint density at radius 2 is 1.80 bits per heavy atom. The summed E-state index contributed by atoms with van der Waals surface area (Å²) in [5.74, 6) is 1.55. The van der Waals surface area contributed by atoms with Crippen LogP contribution in [0.3, 0.4) is 0 Å². The van der Waals surface area contributed by atoms with Crippen molar-refractivity contribution in [3.05, 3.63) is 87.3 Å². The number of ketones is 1. The Balaban J connectivity index is 2.29. The molecule has 0 radical (unpaired) electrons. The van der Waals surface area contributed by atoms with Gasteiger partial charge < -0.3 is 10.7 Å². The van der Waals surface area contributed by atoms with Crippen molar-refractivity contribution < 1.29 is 4.79 Å². The molecule has 3 rings (SSSR count). The van der Waals surface area contributed by atoms with Gasteiger partial charge in [0.25, 0.3) is 0 Å². The Kier molecular flexibility index (Phi) is 4.95. The van der Waals surface area contributed by atoms with Crippen LogP contribution in [0, 0.1) is 0 Å². The third kappa shape index (κ3) is 3.33. The van der Waals surface area contributed by atoms with Crippen LogP contribution in [-0.4, -0.2) is 16.6 Å². The van der Waals surface area contributed by atoms with Crippen LogP contribution in [0.15, 0.2) is 65.7 Å². The number of hydrogen-bond donors (Lipinski definition) is 1. The number of Topliss-reactive ketones (excluding diaryl/α,β-unsaturated/α-hetero) is 1. The minimum absolute atomic E-state index is 0.110. The molecule has 1 aliphatic heterocycles. The molecule has 0 bridgehead atoms. The zero-order valence-electron chi connectivity index (χ0n) is 13.4. The minimum Gasteiger partial charge on any atom is -0.763 e. The Morgan fingerprint density at radius 3 is 2.36 bits per heavy atom. The van der Waals surface area contributed by atoms with Gasteiger partial charge in [-0.25, -0.2) is 0 Å². The van der Waals surface area contributed by atoms with Gasteiger partial charge in [0.2, 0.25) is 0 Å². The van der Waals surface area contributed by atoms with Gasteiger partial charge in [-0.15, -0.1) is 0 Å². The summed E-state index contributed by atoms with van der Waals surface area (Å²) in [5.41, 5.74) is 3.20. The van der Waals surface area contributed by atoms with E-state index in [-0.39, 0.29) is 5.78 Å². The highest BCUT2D eigenvalue weighted by molar-refractivity contribution is 7.80. The Bertz CT molecular complexity index is 926. The molecule has 2 aromatic carbocycles. The molecule has 3 nitrogen and oxygen atoms in total. The topological polar surface area (TPSA) is 51.4 Å². The molecule has 0 saturated heterocycles. The molecule has 0 spiro atoms. The molecule has 2 aromatic rings. The summed E-state index contributed by atoms with van der Waals surface area (Å²) in [5, 5.41) is 13.3. The normalized spacial score (nSPS) is 17.1. The van der Waals surface area contributed by atoms with Gasteiger partial charge in [-0.1, -0.05) is 66.3 Å². The van der Waals surface area contributed by atoms with E-state index in [4.69, 9.17) is 23.8 Å². The fourth-order valence-electron chi connectivity index (χ4n) is 2.98. The van der Waals surface area contributed by atoms with E-state index in [1.54, 1.807) is 12.1 Å². The number of halogens is 1. The van der Waals surface area contributed by atoms with E-state index in [0.717, 1.165) is 11.1 Å². The van der Waals surface area contributed by atoms with Crippen LogP contribution >= 0.6 is 23.8 Å². The molecule has 0 aliphatic carbocycles. The summed E-state index contributed by atoms with van der Waals surface area (Å²) in [6.45, 7) is 1.51. The maximum Gasteiger partial charge on any atom is 0.158 e. The quantitative estimate of drug-likeness (QED) is 0.494. The third-order valence-electron chi connectivity index (χ3n) is 4.10. The van der Waals surface area contributed by atoms with Gasteiger partial charge in [-0.05, 0) is 30.2 Å². The van der Waals surface area contributed by atoms with E-state index in [1.165, 1.54) is 6.92 Å². The number of allylic oxidation sites excluding steroid dienone is 1. The number of hydrogen-bond acceptors (Lipinski definition) is 2. The van der Waals surface area contributed by atoms with Gasteiger partial charge in [-0.2, -0.15) is 0 Å². The molecule has 25 heavy (non-hydrogen) atoms. The van der Waals surface area contributed by atoms with Gasteiger partial charge in [0.1, 0.15) is 4.99 Å². The smallest absolute Gasteiger partial charge is 0.158 e. The van der Waals surface area contributed by atoms with Crippen LogP contribution in [0.25, 0.3) is 11.1 Å². The van der Waals surface area contributed by atoms with Crippen LogP contribution in [0.1, 0.15) is 24.0 Å². The number of nitrogens with one attached hydrogen (secondary N) is 1. The van der Waals surface area contributed by atoms with Crippen molar-refractivity contribution in [2.45, 2.75) is 12.8 Å². The first-order valence-electron chi connectivity index (χ1n) is 7.67. The maximum absolute atomic E-state index is 12.5. The van der Waals surface area contributed by atoms with E-state index in [1.807, 2.05) is 42.5 Å². The molecule has 1 heterocycles. The molecule has 5 heteroatoms. The van der Waals surface area contributed by atoms with Gasteiger partial charge >= 0.3 is 0 Å². The van der Waals surface area contributed by atoms with Crippen LogP contribution < -0.4 is 5.32 Å². The lowest BCUT2D eigenvalue weighted by atomic mass is 9.79. The standard InChI is InChI=1S/C20H14ClN2OS/c1-12(24)17-18(13-7-9-15(21)10-8-13)16(11-22)20(25)23-19(17)14-5-3-2-4-6-14/h2-10,18H,1H3,(H,23,25)/q-1. The Labute approximate surface area is 156 Å². The van der Waals surface area contributed by atoms with E-state index in [9.17, 15) is 10.2 Å². The van der Waals surface area contributed by atoms with Crippen molar-refractivity contribution in [2.75, 3.05) is 0 Å². The van der Waals surface area contributed by atoms with Crippen LogP contribution in [-0.2, 0) is 4.79 Å². The summed E-state index contributed by atoms with van der Waals surface area (Å²) < 4.78 is 0. The summed E-state index contributed by atoms with van der Waals surface area (Å²) in [4.78, 5) is 12.9. The number of carbonyl (C=O) groups excluding carboxylic acids is 1. The molecule has 1 unspecified atom stereocenters. The summed E-state index contributed by atoms with van der Waals surface area (Å²) in [6.07, 6.45) is 0. The van der Waals surface area contributed by atoms with Crippen molar-refractivity contribution in [2.24, 2.45) is 0 Å². The number of carbonyl (C=O) groups is 1. The largest absolute Gasteiger partial charge is 0.763 e. The number of benzene rings is 2. The average molecular weight is 366 g/mol. The molecular formula is C20H14ClN2OS-. The molecular weight excluding hydrogens is 352 g/mol. The highest BCUT2D eigenvalue weighted by atomic mass is 35.5. The first-order valence-corrected chi connectivity index (χ1v) is 8.46. The van der Waals surface area contributed by atoms with Gasteiger partial charge in [0, 0.05) is 22.1 Å². The number of thiocarbonyl (C=S) groups is 1. The fourth-order valence-corrected chi connectivity index (χ4v) is 3.38. The minimum atomic E-state index is -0.510. The van der Waals surface area contributed by atoms with Crippen molar-refractivity contribution in [1.82, 2.24) is 5.32 Å². The van der Waals surface area contributed by atoms with Gasteiger partial charge in [-0.3, -0.25) is 10.7 Å². The second kappa shape index (κ2) is 7.16. The molecule has 1 atom stereocenters. The van der Waals surface area contributed by atoms with Crippen molar-refractivity contribution in [1.29, 1.82) is 0 Å². The van der Waals surface area contributed by atoms with Crippen molar-refractivity contribution in [3.8, 4) is 0 Å². The van der Waals surface area contributed by atoms with Gasteiger partial charge in [0.05, 0.1) is 5.70 Å². The zero-order valence-corrected chi connectivity index (χ0v) is 15.0. The molecule has 0 aromatic heterocycles. The zero-order chi connectivity index (χ0) is 18.0. The van der Waals surface area contributed by atoms with E-state index < -0.39 is 5.92 Å². The summed E-state index contributed by atoms with van der Waals surface area (Å²) in [7, 11) is 0. The Morgan fingerprint density at radius 1 is 1.16 bits per heavy atom. The fraction of sp³-hybridized carbons (Fsp3) is 0.100. The van der Waals surface area contributed by atoms with Gasteiger partial charge in [0.15, 0.2) is 5.78 Å². The van der Waals surface area contributed by atoms with E-state index in [2.05, 4.69) is 11.2 Å². The van der Waals surface area contributed by atoms with Crippen LogP contribution in [0.5, 0.6) is 0 Å². The lowest BCUT2D eigenvalue weighted by Gasteiger charge is -2.32. The molecule has 0 fully saturated rings. The Hall–Kier alpha value is -2.52. The first kappa shape index (κ1) is 17.3. The first-order chi connectivity index (χ1) is 12.0. The monoisotopic (exact) mass is 365 g/mol. The predicted octanol–water partition coefficient (Wildman–Crippen LogP) is 4.52. The second-order valence-corrected chi connectivity index (χ2v) is 6.52. The number of rotatable bonds is 3. The summed E-state index contributed by atoms with van der Waals surface area (Å²) >= 11 is 11.4. The lowest BCUT2D eigenvalue weighted by Crippen LogP contribution is -2.34. The molecule has 0 saturated carbocycles. The van der Waals surface area contributed by atoms with Crippen molar-refractivity contribution >= 4 is 46.2 Å². The predicted molar refractivity (Wildman–Crippen MR) is 106 cm³/mol. The lowest BCUT2D eigenvalue weighted by molar-refractivity contribution is -0.113. The SMILES string of the molecule is CC(=O)C1=C(c2ccccc2)NC(=S)C(=C=[N-])C1c1ccc(Cl)cc1. The summed E-state index contributed by atoms with van der Waals surface area (Å²) in [6, 6.07) is 16.6. The molecule has 1 N–H and O–H groups in total. The highest BCUT2D eigenvalue weighted by Crippen LogP contribution is 2.39. The maximum atomic E-state index is 12.5. The third-order valence-corrected chi connectivity index (χ3v) is 4.67. The van der Waals surface area contributed by atoms with Crippen LogP contribution in [0.2, 0.25) is 5.02 Å². The van der Waals surface area contributed by atoms with Crippen molar-refractivity contribution in [3.63, 3.8) is 0 Å². The van der Waals surface area contributed by atoms with Crippen LogP contribution in [0.4, 0.5) is 0 Å².